The predicted molar refractivity (Wildman–Crippen MR) is 61.7 cm³/mol. The molecule has 0 unspecified atom stereocenters. The topological polar surface area (TPSA) is 35.0 Å². The molecule has 0 amide bonds. The number of rotatable bonds is 1. The van der Waals surface area contributed by atoms with Crippen molar-refractivity contribution in [2.45, 2.75) is 6.42 Å². The smallest absolute Gasteiger partial charge is 0.141 e. The summed E-state index contributed by atoms with van der Waals surface area (Å²) in [5.41, 5.74) is 3.05. The molecule has 1 aromatic carbocycles. The first-order valence-electron chi connectivity index (χ1n) is 5.06. The van der Waals surface area contributed by atoms with Crippen LogP contribution in [0.5, 0.6) is 5.75 Å². The molecule has 3 rings (SSSR count). The zero-order valence-corrected chi connectivity index (χ0v) is 9.24. The summed E-state index contributed by atoms with van der Waals surface area (Å²) >= 11 is 6.16. The van der Waals surface area contributed by atoms with Crippen LogP contribution in [0.4, 0.5) is 0 Å². The van der Waals surface area contributed by atoms with E-state index in [4.69, 9.17) is 16.3 Å². The summed E-state index contributed by atoms with van der Waals surface area (Å²) in [4.78, 5) is 8.10. The highest BCUT2D eigenvalue weighted by molar-refractivity contribution is 6.32. The highest BCUT2D eigenvalue weighted by atomic mass is 35.5. The third-order valence-corrected chi connectivity index (χ3v) is 2.90. The first-order chi connectivity index (χ1) is 7.84. The van der Waals surface area contributed by atoms with Gasteiger partial charge >= 0.3 is 0 Å². The summed E-state index contributed by atoms with van der Waals surface area (Å²) in [6, 6.07) is 5.83. The number of nitrogens with zero attached hydrogens (tertiary/aromatic N) is 2. The third kappa shape index (κ3) is 1.53. The van der Waals surface area contributed by atoms with Crippen LogP contribution >= 0.6 is 11.6 Å². The largest absolute Gasteiger partial charge is 0.491 e. The Bertz CT molecular complexity index is 528. The van der Waals surface area contributed by atoms with Crippen molar-refractivity contribution in [1.82, 2.24) is 9.97 Å². The van der Waals surface area contributed by atoms with Crippen molar-refractivity contribution in [1.29, 1.82) is 0 Å². The van der Waals surface area contributed by atoms with E-state index in [1.165, 1.54) is 6.33 Å². The number of ether oxygens (including phenoxy) is 1. The summed E-state index contributed by atoms with van der Waals surface area (Å²) < 4.78 is 5.46. The number of benzene rings is 1. The maximum Gasteiger partial charge on any atom is 0.141 e. The minimum atomic E-state index is 0.656. The van der Waals surface area contributed by atoms with E-state index in [1.54, 1.807) is 6.20 Å². The standard InChI is InChI=1S/C12H9ClN2O/c13-10-6-9(11-1-3-14-7-15-11)5-8-2-4-16-12(8)10/h1,3,5-7H,2,4H2. The van der Waals surface area contributed by atoms with Gasteiger partial charge in [-0.05, 0) is 23.8 Å². The number of aromatic nitrogens is 2. The Morgan fingerprint density at radius 1 is 1.31 bits per heavy atom. The molecule has 0 N–H and O–H groups in total. The molecule has 0 saturated carbocycles. The van der Waals surface area contributed by atoms with Crippen molar-refractivity contribution in [3.63, 3.8) is 0 Å². The molecule has 2 aromatic rings. The summed E-state index contributed by atoms with van der Waals surface area (Å²) in [7, 11) is 0. The molecule has 0 saturated heterocycles. The Hall–Kier alpha value is -1.61. The second kappa shape index (κ2) is 3.76. The summed E-state index contributed by atoms with van der Waals surface area (Å²) in [5.74, 6) is 0.819. The molecule has 3 nitrogen and oxygen atoms in total. The minimum absolute atomic E-state index is 0.656. The minimum Gasteiger partial charge on any atom is -0.491 e. The van der Waals surface area contributed by atoms with Crippen molar-refractivity contribution in [2.75, 3.05) is 6.61 Å². The Kier molecular flexibility index (Phi) is 2.26. The highest BCUT2D eigenvalue weighted by Crippen LogP contribution is 2.36. The maximum absolute atomic E-state index is 6.16. The van der Waals surface area contributed by atoms with Gasteiger partial charge in [-0.25, -0.2) is 9.97 Å². The Morgan fingerprint density at radius 2 is 2.25 bits per heavy atom. The monoisotopic (exact) mass is 232 g/mol. The maximum atomic E-state index is 6.16. The van der Waals surface area contributed by atoms with Gasteiger partial charge in [0, 0.05) is 18.2 Å². The molecule has 0 radical (unpaired) electrons. The van der Waals surface area contributed by atoms with Crippen LogP contribution in [0.15, 0.2) is 30.7 Å². The molecule has 2 heterocycles. The molecule has 0 spiro atoms. The first kappa shape index (κ1) is 9.60. The van der Waals surface area contributed by atoms with E-state index in [2.05, 4.69) is 16.0 Å². The second-order valence-corrected chi connectivity index (χ2v) is 4.05. The van der Waals surface area contributed by atoms with E-state index >= 15 is 0 Å². The fraction of sp³-hybridized carbons (Fsp3) is 0.167. The van der Waals surface area contributed by atoms with Gasteiger partial charge in [-0.1, -0.05) is 11.6 Å². The van der Waals surface area contributed by atoms with E-state index in [9.17, 15) is 0 Å². The van der Waals surface area contributed by atoms with Crippen LogP contribution < -0.4 is 4.74 Å². The average molecular weight is 233 g/mol. The lowest BCUT2D eigenvalue weighted by Crippen LogP contribution is -1.87. The van der Waals surface area contributed by atoms with Crippen molar-refractivity contribution in [3.05, 3.63) is 41.3 Å². The van der Waals surface area contributed by atoms with Gasteiger partial charge < -0.3 is 4.74 Å². The Morgan fingerprint density at radius 3 is 3.06 bits per heavy atom. The molecule has 16 heavy (non-hydrogen) atoms. The Balaban J connectivity index is 2.13. The average Bonchev–Trinajstić information content (AvgIpc) is 2.79. The lowest BCUT2D eigenvalue weighted by Gasteiger charge is -2.05. The summed E-state index contributed by atoms with van der Waals surface area (Å²) in [6.45, 7) is 0.711. The zero-order valence-electron chi connectivity index (χ0n) is 8.48. The van der Waals surface area contributed by atoms with Gasteiger partial charge in [0.1, 0.15) is 12.1 Å². The lowest BCUT2D eigenvalue weighted by atomic mass is 10.1. The van der Waals surface area contributed by atoms with Crippen molar-refractivity contribution in [2.24, 2.45) is 0 Å². The molecule has 4 heteroatoms. The van der Waals surface area contributed by atoms with Crippen LogP contribution in [-0.4, -0.2) is 16.6 Å². The van der Waals surface area contributed by atoms with Crippen LogP contribution in [0.25, 0.3) is 11.3 Å². The molecular formula is C12H9ClN2O. The van der Waals surface area contributed by atoms with Gasteiger partial charge in [-0.15, -0.1) is 0 Å². The Labute approximate surface area is 98.1 Å². The van der Waals surface area contributed by atoms with E-state index in [0.717, 1.165) is 29.0 Å². The van der Waals surface area contributed by atoms with Gasteiger partial charge in [0.15, 0.2) is 0 Å². The van der Waals surface area contributed by atoms with Gasteiger partial charge in [0.2, 0.25) is 0 Å². The van der Waals surface area contributed by atoms with Crippen molar-refractivity contribution >= 4 is 11.6 Å². The second-order valence-electron chi connectivity index (χ2n) is 3.64. The predicted octanol–water partition coefficient (Wildman–Crippen LogP) is 2.73. The van der Waals surface area contributed by atoms with Crippen LogP contribution in [-0.2, 0) is 6.42 Å². The van der Waals surface area contributed by atoms with E-state index < -0.39 is 0 Å². The fourth-order valence-electron chi connectivity index (χ4n) is 1.87. The molecule has 0 fully saturated rings. The molecule has 0 aliphatic carbocycles. The van der Waals surface area contributed by atoms with Crippen LogP contribution in [0.1, 0.15) is 5.56 Å². The van der Waals surface area contributed by atoms with Gasteiger partial charge in [-0.3, -0.25) is 0 Å². The van der Waals surface area contributed by atoms with Crippen LogP contribution in [0, 0.1) is 0 Å². The lowest BCUT2D eigenvalue weighted by molar-refractivity contribution is 0.357. The van der Waals surface area contributed by atoms with E-state index in [-0.39, 0.29) is 0 Å². The molecule has 0 atom stereocenters. The number of hydrogen-bond donors (Lipinski definition) is 0. The molecule has 80 valence electrons. The number of hydrogen-bond acceptors (Lipinski definition) is 3. The SMILES string of the molecule is Clc1cc(-c2ccncn2)cc2c1OCC2. The molecule has 1 aliphatic heterocycles. The zero-order chi connectivity index (χ0) is 11.0. The van der Waals surface area contributed by atoms with Crippen LogP contribution in [0.3, 0.4) is 0 Å². The van der Waals surface area contributed by atoms with Gasteiger partial charge in [-0.2, -0.15) is 0 Å². The summed E-state index contributed by atoms with van der Waals surface area (Å²) in [6.07, 6.45) is 4.17. The quantitative estimate of drug-likeness (QED) is 0.758. The molecular weight excluding hydrogens is 224 g/mol. The number of fused-ring (bicyclic) bond motifs is 1. The summed E-state index contributed by atoms with van der Waals surface area (Å²) in [5, 5.41) is 0.656. The first-order valence-corrected chi connectivity index (χ1v) is 5.44. The van der Waals surface area contributed by atoms with E-state index in [1.807, 2.05) is 12.1 Å². The van der Waals surface area contributed by atoms with Crippen LogP contribution in [0.2, 0.25) is 5.02 Å². The van der Waals surface area contributed by atoms with Crippen molar-refractivity contribution in [3.8, 4) is 17.0 Å². The van der Waals surface area contributed by atoms with Gasteiger partial charge in [0.25, 0.3) is 0 Å². The molecule has 1 aliphatic rings. The third-order valence-electron chi connectivity index (χ3n) is 2.62. The van der Waals surface area contributed by atoms with E-state index in [0.29, 0.717) is 11.6 Å². The molecule has 0 bridgehead atoms. The fourth-order valence-corrected chi connectivity index (χ4v) is 2.16. The van der Waals surface area contributed by atoms with Crippen molar-refractivity contribution < 1.29 is 4.74 Å². The normalized spacial score (nSPS) is 13.3. The van der Waals surface area contributed by atoms with Gasteiger partial charge in [0.05, 0.1) is 17.3 Å². The molecule has 1 aromatic heterocycles. The number of halogens is 1. The highest BCUT2D eigenvalue weighted by Gasteiger charge is 2.17.